The van der Waals surface area contributed by atoms with Gasteiger partial charge in [0.2, 0.25) is 10.0 Å². The SMILES string of the molecule is CCc1ccc(S(=O)(=O)N2CCC[C@@H]2c2cc(C(C)C)no2)cc1. The van der Waals surface area contributed by atoms with Crippen LogP contribution in [0.15, 0.2) is 39.8 Å². The van der Waals surface area contributed by atoms with Gasteiger partial charge in [-0.05, 0) is 42.9 Å². The highest BCUT2D eigenvalue weighted by atomic mass is 32.2. The van der Waals surface area contributed by atoms with Crippen LogP contribution < -0.4 is 0 Å². The molecule has 1 saturated heterocycles. The minimum atomic E-state index is -3.53. The molecular formula is C18H24N2O3S. The summed E-state index contributed by atoms with van der Waals surface area (Å²) in [6, 6.07) is 8.78. The lowest BCUT2D eigenvalue weighted by atomic mass is 10.1. The van der Waals surface area contributed by atoms with Crippen LogP contribution in [-0.4, -0.2) is 24.4 Å². The molecule has 1 fully saturated rings. The zero-order valence-corrected chi connectivity index (χ0v) is 15.2. The number of sulfonamides is 1. The molecule has 0 saturated carbocycles. The molecule has 1 atom stereocenters. The zero-order chi connectivity index (χ0) is 17.3. The van der Waals surface area contributed by atoms with Gasteiger partial charge in [-0.25, -0.2) is 8.42 Å². The molecule has 6 heteroatoms. The molecule has 1 aromatic heterocycles. The molecule has 0 spiro atoms. The quantitative estimate of drug-likeness (QED) is 0.822. The molecule has 0 aliphatic carbocycles. The largest absolute Gasteiger partial charge is 0.359 e. The minimum Gasteiger partial charge on any atom is -0.359 e. The fourth-order valence-electron chi connectivity index (χ4n) is 3.08. The summed E-state index contributed by atoms with van der Waals surface area (Å²) in [5.41, 5.74) is 1.99. The van der Waals surface area contributed by atoms with Gasteiger partial charge in [-0.3, -0.25) is 0 Å². The average Bonchev–Trinajstić information content (AvgIpc) is 3.23. The Bertz CT molecular complexity index is 794. The topological polar surface area (TPSA) is 63.4 Å². The van der Waals surface area contributed by atoms with Gasteiger partial charge in [-0.15, -0.1) is 0 Å². The predicted molar refractivity (Wildman–Crippen MR) is 92.3 cm³/mol. The second-order valence-electron chi connectivity index (χ2n) is 6.58. The highest BCUT2D eigenvalue weighted by molar-refractivity contribution is 7.89. The molecule has 5 nitrogen and oxygen atoms in total. The Hall–Kier alpha value is -1.66. The molecule has 0 unspecified atom stereocenters. The van der Waals surface area contributed by atoms with Gasteiger partial charge in [0.1, 0.15) is 0 Å². The second kappa shape index (κ2) is 6.69. The lowest BCUT2D eigenvalue weighted by Gasteiger charge is -2.22. The number of benzene rings is 1. The zero-order valence-electron chi connectivity index (χ0n) is 14.4. The summed E-state index contributed by atoms with van der Waals surface area (Å²) in [5.74, 6) is 0.903. The summed E-state index contributed by atoms with van der Waals surface area (Å²) in [4.78, 5) is 0.343. The predicted octanol–water partition coefficient (Wildman–Crippen LogP) is 3.89. The van der Waals surface area contributed by atoms with E-state index in [0.717, 1.165) is 30.5 Å². The Labute approximate surface area is 143 Å². The number of aromatic nitrogens is 1. The molecule has 1 aromatic carbocycles. The third-order valence-electron chi connectivity index (χ3n) is 4.61. The van der Waals surface area contributed by atoms with Crippen molar-refractivity contribution < 1.29 is 12.9 Å². The summed E-state index contributed by atoms with van der Waals surface area (Å²) in [5, 5.41) is 4.08. The summed E-state index contributed by atoms with van der Waals surface area (Å²) >= 11 is 0. The highest BCUT2D eigenvalue weighted by Gasteiger charge is 2.38. The van der Waals surface area contributed by atoms with Gasteiger partial charge in [-0.1, -0.05) is 38.1 Å². The van der Waals surface area contributed by atoms with E-state index in [1.807, 2.05) is 32.0 Å². The van der Waals surface area contributed by atoms with Gasteiger partial charge < -0.3 is 4.52 Å². The maximum Gasteiger partial charge on any atom is 0.243 e. The average molecular weight is 348 g/mol. The van der Waals surface area contributed by atoms with Crippen molar-refractivity contribution in [1.29, 1.82) is 0 Å². The lowest BCUT2D eigenvalue weighted by Crippen LogP contribution is -2.30. The van der Waals surface area contributed by atoms with Crippen LogP contribution in [0.5, 0.6) is 0 Å². The molecule has 1 aliphatic heterocycles. The first kappa shape index (κ1) is 17.2. The van der Waals surface area contributed by atoms with Crippen LogP contribution in [0.3, 0.4) is 0 Å². The van der Waals surface area contributed by atoms with Gasteiger partial charge in [-0.2, -0.15) is 4.31 Å². The van der Waals surface area contributed by atoms with E-state index in [9.17, 15) is 8.42 Å². The van der Waals surface area contributed by atoms with Crippen LogP contribution in [-0.2, 0) is 16.4 Å². The van der Waals surface area contributed by atoms with Crippen LogP contribution in [0, 0.1) is 0 Å². The third kappa shape index (κ3) is 3.13. The van der Waals surface area contributed by atoms with Crippen LogP contribution >= 0.6 is 0 Å². The van der Waals surface area contributed by atoms with Crippen molar-refractivity contribution in [2.24, 2.45) is 0 Å². The molecular weight excluding hydrogens is 324 g/mol. The normalized spacial score (nSPS) is 19.2. The standard InChI is InChI=1S/C18H24N2O3S/c1-4-14-7-9-15(10-8-14)24(21,22)20-11-5-6-17(20)18-12-16(13(2)3)19-23-18/h7-10,12-13,17H,4-6,11H2,1-3H3/t17-/m1/s1. The molecule has 1 aliphatic rings. The van der Waals surface area contributed by atoms with Gasteiger partial charge in [0.05, 0.1) is 16.6 Å². The second-order valence-corrected chi connectivity index (χ2v) is 8.47. The Morgan fingerprint density at radius 2 is 2.00 bits per heavy atom. The van der Waals surface area contributed by atoms with Crippen molar-refractivity contribution in [3.8, 4) is 0 Å². The molecule has 3 rings (SSSR count). The van der Waals surface area contributed by atoms with E-state index in [1.54, 1.807) is 16.4 Å². The van der Waals surface area contributed by atoms with E-state index >= 15 is 0 Å². The fourth-order valence-corrected chi connectivity index (χ4v) is 4.74. The highest BCUT2D eigenvalue weighted by Crippen LogP contribution is 2.37. The maximum atomic E-state index is 13.0. The van der Waals surface area contributed by atoms with Gasteiger partial charge >= 0.3 is 0 Å². The van der Waals surface area contributed by atoms with E-state index in [1.165, 1.54) is 0 Å². The summed E-state index contributed by atoms with van der Waals surface area (Å²) in [6.07, 6.45) is 2.48. The minimum absolute atomic E-state index is 0.260. The first-order valence-corrected chi connectivity index (χ1v) is 9.94. The van der Waals surface area contributed by atoms with Crippen molar-refractivity contribution in [1.82, 2.24) is 9.46 Å². The van der Waals surface area contributed by atoms with Crippen molar-refractivity contribution in [3.63, 3.8) is 0 Å². The van der Waals surface area contributed by atoms with E-state index in [2.05, 4.69) is 12.1 Å². The Morgan fingerprint density at radius 3 is 2.58 bits per heavy atom. The van der Waals surface area contributed by atoms with Gasteiger partial charge in [0, 0.05) is 12.6 Å². The molecule has 0 amide bonds. The number of nitrogens with zero attached hydrogens (tertiary/aromatic N) is 2. The smallest absolute Gasteiger partial charge is 0.243 e. The number of hydrogen-bond acceptors (Lipinski definition) is 4. The van der Waals surface area contributed by atoms with Crippen LogP contribution in [0.4, 0.5) is 0 Å². The first-order chi connectivity index (χ1) is 11.4. The molecule has 24 heavy (non-hydrogen) atoms. The Balaban J connectivity index is 1.90. The molecule has 0 radical (unpaired) electrons. The molecule has 0 bridgehead atoms. The van der Waals surface area contributed by atoms with Gasteiger partial charge in [0.15, 0.2) is 5.76 Å². The summed E-state index contributed by atoms with van der Waals surface area (Å²) < 4.78 is 33.1. The number of rotatable bonds is 5. The summed E-state index contributed by atoms with van der Waals surface area (Å²) in [7, 11) is -3.53. The fraction of sp³-hybridized carbons (Fsp3) is 0.500. The number of aryl methyl sites for hydroxylation is 1. The van der Waals surface area contributed by atoms with E-state index in [4.69, 9.17) is 4.52 Å². The van der Waals surface area contributed by atoms with E-state index < -0.39 is 10.0 Å². The summed E-state index contributed by atoms with van der Waals surface area (Å²) in [6.45, 7) is 6.65. The lowest BCUT2D eigenvalue weighted by molar-refractivity contribution is 0.295. The Kier molecular flexibility index (Phi) is 4.78. The van der Waals surface area contributed by atoms with Crippen molar-refractivity contribution >= 4 is 10.0 Å². The van der Waals surface area contributed by atoms with Crippen LogP contribution in [0.2, 0.25) is 0 Å². The van der Waals surface area contributed by atoms with Crippen molar-refractivity contribution in [2.45, 2.75) is 56.9 Å². The van der Waals surface area contributed by atoms with Gasteiger partial charge in [0.25, 0.3) is 0 Å². The third-order valence-corrected chi connectivity index (χ3v) is 6.53. The molecule has 2 heterocycles. The van der Waals surface area contributed by atoms with Crippen LogP contribution in [0.1, 0.15) is 62.6 Å². The Morgan fingerprint density at radius 1 is 1.29 bits per heavy atom. The van der Waals surface area contributed by atoms with E-state index in [0.29, 0.717) is 17.2 Å². The number of hydrogen-bond donors (Lipinski definition) is 0. The molecule has 130 valence electrons. The first-order valence-electron chi connectivity index (χ1n) is 8.50. The molecule has 2 aromatic rings. The van der Waals surface area contributed by atoms with Crippen molar-refractivity contribution in [3.05, 3.63) is 47.3 Å². The van der Waals surface area contributed by atoms with E-state index in [-0.39, 0.29) is 12.0 Å². The van der Waals surface area contributed by atoms with Crippen molar-refractivity contribution in [2.75, 3.05) is 6.54 Å². The monoisotopic (exact) mass is 348 g/mol. The van der Waals surface area contributed by atoms with Crippen LogP contribution in [0.25, 0.3) is 0 Å². The maximum absolute atomic E-state index is 13.0. The molecule has 0 N–H and O–H groups in total.